The Balaban J connectivity index is 1.98. The summed E-state index contributed by atoms with van der Waals surface area (Å²) in [6, 6.07) is 7.49. The third-order valence-corrected chi connectivity index (χ3v) is 7.21. The summed E-state index contributed by atoms with van der Waals surface area (Å²) in [6.07, 6.45) is -2.17. The van der Waals surface area contributed by atoms with Crippen LogP contribution >= 0.6 is 7.60 Å². The quantitative estimate of drug-likeness (QED) is 0.220. The van der Waals surface area contributed by atoms with Crippen molar-refractivity contribution in [3.63, 3.8) is 0 Å². The number of nitrogens with zero attached hydrogens (tertiary/aromatic N) is 1. The first kappa shape index (κ1) is 26.3. The van der Waals surface area contributed by atoms with Gasteiger partial charge in [0.2, 0.25) is 5.82 Å². The maximum atomic E-state index is 13.9. The van der Waals surface area contributed by atoms with Gasteiger partial charge in [-0.25, -0.2) is 9.36 Å². The molecule has 12 nitrogen and oxygen atoms in total. The van der Waals surface area contributed by atoms with Crippen LogP contribution in [0, 0.1) is 24.1 Å². The predicted molar refractivity (Wildman–Crippen MR) is 131 cm³/mol. The summed E-state index contributed by atoms with van der Waals surface area (Å²) in [5, 5.41) is 21.8. The lowest BCUT2D eigenvalue weighted by atomic mass is 9.95. The minimum absolute atomic E-state index is 0.00720. The molecule has 6 atom stereocenters. The van der Waals surface area contributed by atoms with Crippen molar-refractivity contribution < 1.29 is 45.2 Å². The maximum absolute atomic E-state index is 13.9. The fourth-order valence-electron chi connectivity index (χ4n) is 3.48. The molecule has 1 aromatic carbocycles. The number of terminal acetylenes is 1. The van der Waals surface area contributed by atoms with Gasteiger partial charge in [0.25, 0.3) is 5.56 Å². The number of hydrogen-bond acceptors (Lipinski definition) is 10. The first-order chi connectivity index (χ1) is 18.5. The molecule has 0 spiro atoms. The molecule has 1 saturated heterocycles. The number of para-hydroxylation sites is 1. The van der Waals surface area contributed by atoms with Crippen LogP contribution in [-0.2, 0) is 23.4 Å². The van der Waals surface area contributed by atoms with Crippen molar-refractivity contribution in [3.8, 4) is 18.1 Å². The lowest BCUT2D eigenvalue weighted by Crippen LogP contribution is -2.48. The highest BCUT2D eigenvalue weighted by Gasteiger charge is 2.56. The van der Waals surface area contributed by atoms with Crippen LogP contribution in [-0.4, -0.2) is 62.4 Å². The Morgan fingerprint density at radius 1 is 1.37 bits per heavy atom. The lowest BCUT2D eigenvalue weighted by Gasteiger charge is -2.26. The van der Waals surface area contributed by atoms with Crippen molar-refractivity contribution in [2.24, 2.45) is 5.92 Å². The van der Waals surface area contributed by atoms with Crippen LogP contribution in [0.25, 0.3) is 0 Å². The standard InChI is InChI=1S/C24H28FN2O10P/c1-5-24(32)19(28)18(36-22(24)27-11-17(25)20(29)26-23(27)31)12-34-38(33,37-16-9-7-6-8-10-16)13-15(4)21(30)35-14(2)3/h1,6-11,14-15,18-19,22,28,32H,12-13H2,2-4H3,(H,26,29,31)/t15-,18-,19+,22-,24?,38+/m1/s1/i12D2. The smallest absolute Gasteiger partial charge is 0.380 e. The van der Waals surface area contributed by atoms with E-state index in [0.29, 0.717) is 10.8 Å². The number of aromatic amines is 1. The second-order valence-electron chi connectivity index (χ2n) is 8.76. The van der Waals surface area contributed by atoms with Crippen LogP contribution in [0.3, 0.4) is 0 Å². The monoisotopic (exact) mass is 556 g/mol. The predicted octanol–water partition coefficient (Wildman–Crippen LogP) is 1.17. The molecule has 206 valence electrons. The zero-order chi connectivity index (χ0) is 30.0. The highest BCUT2D eigenvalue weighted by molar-refractivity contribution is 7.54. The van der Waals surface area contributed by atoms with Gasteiger partial charge in [0, 0.05) is 0 Å². The molecule has 2 heterocycles. The van der Waals surface area contributed by atoms with E-state index in [1.54, 1.807) is 30.8 Å². The van der Waals surface area contributed by atoms with Gasteiger partial charge in [-0.15, -0.1) is 6.42 Å². The van der Waals surface area contributed by atoms with Gasteiger partial charge >= 0.3 is 19.3 Å². The molecule has 1 aliphatic heterocycles. The van der Waals surface area contributed by atoms with Crippen LogP contribution in [0.1, 0.15) is 29.7 Å². The average molecular weight is 556 g/mol. The first-order valence-corrected chi connectivity index (χ1v) is 13.1. The van der Waals surface area contributed by atoms with Gasteiger partial charge in [-0.05, 0) is 26.0 Å². The Morgan fingerprint density at radius 2 is 2.03 bits per heavy atom. The molecule has 14 heteroatoms. The van der Waals surface area contributed by atoms with Crippen molar-refractivity contribution in [2.75, 3.05) is 12.7 Å². The molecule has 3 N–H and O–H groups in total. The zero-order valence-corrected chi connectivity index (χ0v) is 21.5. The molecule has 1 fully saturated rings. The molecule has 38 heavy (non-hydrogen) atoms. The molecule has 0 amide bonds. The maximum Gasteiger partial charge on any atom is 0.380 e. The van der Waals surface area contributed by atoms with Gasteiger partial charge in [0.15, 0.2) is 11.8 Å². The van der Waals surface area contributed by atoms with Gasteiger partial charge in [0.1, 0.15) is 18.0 Å². The van der Waals surface area contributed by atoms with E-state index in [0.717, 1.165) is 0 Å². The second-order valence-corrected chi connectivity index (χ2v) is 10.7. The summed E-state index contributed by atoms with van der Waals surface area (Å²) >= 11 is 0. The van der Waals surface area contributed by atoms with Gasteiger partial charge in [0.05, 0.1) is 33.7 Å². The molecular formula is C24H28FN2O10P. The molecule has 1 aromatic heterocycles. The minimum atomic E-state index is -4.64. The van der Waals surface area contributed by atoms with E-state index in [2.05, 4.69) is 0 Å². The molecule has 0 aliphatic carbocycles. The Morgan fingerprint density at radius 3 is 2.63 bits per heavy atom. The van der Waals surface area contributed by atoms with Crippen LogP contribution in [0.15, 0.2) is 46.1 Å². The number of nitrogens with one attached hydrogen (secondary N) is 1. The number of carbonyl (C=O) groups is 1. The normalized spacial score (nSPS) is 26.5. The number of hydrogen-bond donors (Lipinski definition) is 3. The fourth-order valence-corrected chi connectivity index (χ4v) is 5.19. The van der Waals surface area contributed by atoms with Crippen molar-refractivity contribution in [1.29, 1.82) is 0 Å². The summed E-state index contributed by atoms with van der Waals surface area (Å²) in [4.78, 5) is 37.8. The number of rotatable bonds is 10. The molecule has 0 saturated carbocycles. The molecule has 1 unspecified atom stereocenters. The SMILES string of the molecule is [2H]C([2H])(O[P@@](=O)(C[C@@H](C)C(=O)OC(C)C)Oc1ccccc1)[C@H]1O[C@@H](n2cc(F)c(=O)[nH]c2=O)C(O)(C#C)[C@H]1O. The zero-order valence-electron chi connectivity index (χ0n) is 22.6. The Kier molecular flexibility index (Phi) is 8.06. The summed E-state index contributed by atoms with van der Waals surface area (Å²) in [7, 11) is -4.64. The van der Waals surface area contributed by atoms with E-state index >= 15 is 0 Å². The number of carbonyl (C=O) groups excluding carboxylic acids is 1. The number of aromatic nitrogens is 2. The number of aliphatic hydroxyl groups excluding tert-OH is 1. The number of ether oxygens (including phenoxy) is 2. The van der Waals surface area contributed by atoms with Crippen LogP contribution in [0.5, 0.6) is 5.75 Å². The summed E-state index contributed by atoms with van der Waals surface area (Å²) in [6.45, 7) is 1.29. The van der Waals surface area contributed by atoms with E-state index in [4.69, 9.17) is 27.7 Å². The van der Waals surface area contributed by atoms with Gasteiger partial charge in [-0.1, -0.05) is 31.0 Å². The highest BCUT2D eigenvalue weighted by atomic mass is 31.2. The second kappa shape index (κ2) is 11.6. The topological polar surface area (TPSA) is 166 Å². The van der Waals surface area contributed by atoms with E-state index < -0.39 is 79.4 Å². The van der Waals surface area contributed by atoms with E-state index in [1.807, 2.05) is 0 Å². The van der Waals surface area contributed by atoms with E-state index in [-0.39, 0.29) is 5.75 Å². The Hall–Kier alpha value is -3.27. The molecule has 0 radical (unpaired) electrons. The summed E-state index contributed by atoms with van der Waals surface area (Å²) in [5.74, 6) is -1.56. The number of halogens is 1. The van der Waals surface area contributed by atoms with Crippen molar-refractivity contribution >= 4 is 13.6 Å². The van der Waals surface area contributed by atoms with E-state index in [9.17, 15) is 33.6 Å². The summed E-state index contributed by atoms with van der Waals surface area (Å²) in [5.41, 5.74) is -5.53. The molecule has 0 bridgehead atoms. The molecular weight excluding hydrogens is 526 g/mol. The van der Waals surface area contributed by atoms with Gasteiger partial charge < -0.3 is 24.2 Å². The van der Waals surface area contributed by atoms with E-state index in [1.165, 1.54) is 31.2 Å². The highest BCUT2D eigenvalue weighted by Crippen LogP contribution is 2.51. The van der Waals surface area contributed by atoms with Crippen molar-refractivity contribution in [3.05, 3.63) is 63.2 Å². The fraction of sp³-hybridized carbons (Fsp3) is 0.458. The van der Waals surface area contributed by atoms with Crippen molar-refractivity contribution in [2.45, 2.75) is 50.9 Å². The molecule has 3 rings (SSSR count). The first-order valence-electron chi connectivity index (χ1n) is 12.3. The van der Waals surface area contributed by atoms with Gasteiger partial charge in [-0.3, -0.25) is 23.7 Å². The Labute approximate surface area is 219 Å². The molecule has 1 aliphatic rings. The number of benzene rings is 1. The third kappa shape index (κ3) is 6.40. The van der Waals surface area contributed by atoms with Crippen LogP contribution < -0.4 is 15.8 Å². The minimum Gasteiger partial charge on any atom is -0.463 e. The number of esters is 1. The van der Waals surface area contributed by atoms with Crippen LogP contribution in [0.2, 0.25) is 0 Å². The Bertz CT molecular complexity index is 1440. The van der Waals surface area contributed by atoms with Crippen molar-refractivity contribution in [1.82, 2.24) is 9.55 Å². The lowest BCUT2D eigenvalue weighted by molar-refractivity contribution is -0.151. The number of aliphatic hydroxyl groups is 2. The largest absolute Gasteiger partial charge is 0.463 e. The molecule has 2 aromatic rings. The number of H-pyrrole nitrogens is 1. The third-order valence-electron chi connectivity index (χ3n) is 5.35. The van der Waals surface area contributed by atoms with Gasteiger partial charge in [-0.2, -0.15) is 4.39 Å². The van der Waals surface area contributed by atoms with Crippen LogP contribution in [0.4, 0.5) is 4.39 Å². The summed E-state index contributed by atoms with van der Waals surface area (Å²) < 4.78 is 66.4. The average Bonchev–Trinajstić information content (AvgIpc) is 3.12.